The van der Waals surface area contributed by atoms with Gasteiger partial charge in [-0.1, -0.05) is 0 Å². The predicted octanol–water partition coefficient (Wildman–Crippen LogP) is 0.744. The van der Waals surface area contributed by atoms with Gasteiger partial charge in [0.05, 0.1) is 11.9 Å². The Kier molecular flexibility index (Phi) is 3.00. The molecule has 0 atom stereocenters. The van der Waals surface area contributed by atoms with Crippen molar-refractivity contribution in [1.82, 2.24) is 4.98 Å². The molecule has 1 aliphatic rings. The molecule has 1 amide bonds. The van der Waals surface area contributed by atoms with Gasteiger partial charge in [0, 0.05) is 5.92 Å². The lowest BCUT2D eigenvalue weighted by Crippen LogP contribution is -2.13. The lowest BCUT2D eigenvalue weighted by molar-refractivity contribution is -0.117. The Morgan fingerprint density at radius 2 is 2.38 bits per heavy atom. The van der Waals surface area contributed by atoms with E-state index in [4.69, 9.17) is 5.73 Å². The number of aromatic nitrogens is 1. The molecule has 1 saturated carbocycles. The highest BCUT2D eigenvalue weighted by Crippen LogP contribution is 2.30. The van der Waals surface area contributed by atoms with Gasteiger partial charge in [0.2, 0.25) is 5.91 Å². The van der Waals surface area contributed by atoms with Crippen molar-refractivity contribution in [3.05, 3.63) is 18.3 Å². The van der Waals surface area contributed by atoms with E-state index in [1.165, 1.54) is 0 Å². The van der Waals surface area contributed by atoms with Gasteiger partial charge in [-0.3, -0.25) is 10.2 Å². The predicted molar refractivity (Wildman–Crippen MR) is 61.9 cm³/mol. The summed E-state index contributed by atoms with van der Waals surface area (Å²) in [7, 11) is 0. The van der Waals surface area contributed by atoms with E-state index in [1.54, 1.807) is 18.3 Å². The molecule has 1 heterocycles. The summed E-state index contributed by atoms with van der Waals surface area (Å²) < 4.78 is 0. The standard InChI is InChI=1S/C10H13N5O/c11-6-13-15-9-4-3-8(5-12-9)14-10(16)7-1-2-7/h3-7H,1-2H2,(H2,11,13)(H,12,15)(H,14,16). The molecule has 0 saturated heterocycles. The normalized spacial score (nSPS) is 15.0. The van der Waals surface area contributed by atoms with Crippen LogP contribution >= 0.6 is 0 Å². The second-order valence-electron chi connectivity index (χ2n) is 3.59. The molecule has 4 N–H and O–H groups in total. The zero-order valence-electron chi connectivity index (χ0n) is 8.68. The van der Waals surface area contributed by atoms with Gasteiger partial charge in [-0.15, -0.1) is 0 Å². The smallest absolute Gasteiger partial charge is 0.227 e. The van der Waals surface area contributed by atoms with Crippen molar-refractivity contribution in [2.45, 2.75) is 12.8 Å². The van der Waals surface area contributed by atoms with Gasteiger partial charge in [0.25, 0.3) is 0 Å². The van der Waals surface area contributed by atoms with Crippen LogP contribution in [0.15, 0.2) is 23.4 Å². The molecule has 1 aliphatic carbocycles. The van der Waals surface area contributed by atoms with E-state index in [1.807, 2.05) is 0 Å². The van der Waals surface area contributed by atoms with Gasteiger partial charge in [0.1, 0.15) is 12.2 Å². The van der Waals surface area contributed by atoms with E-state index in [0.717, 1.165) is 19.2 Å². The first-order valence-corrected chi connectivity index (χ1v) is 5.06. The molecule has 6 nitrogen and oxygen atoms in total. The molecule has 1 fully saturated rings. The molecule has 0 aromatic carbocycles. The van der Waals surface area contributed by atoms with Gasteiger partial charge < -0.3 is 11.1 Å². The maximum absolute atomic E-state index is 11.4. The summed E-state index contributed by atoms with van der Waals surface area (Å²) in [6, 6.07) is 3.48. The molecular weight excluding hydrogens is 206 g/mol. The second kappa shape index (κ2) is 4.61. The summed E-state index contributed by atoms with van der Waals surface area (Å²) in [6.07, 6.45) is 4.70. The summed E-state index contributed by atoms with van der Waals surface area (Å²) in [5.74, 6) is 0.841. The quantitative estimate of drug-likeness (QED) is 0.395. The van der Waals surface area contributed by atoms with Crippen LogP contribution in [-0.4, -0.2) is 17.2 Å². The van der Waals surface area contributed by atoms with Crippen molar-refractivity contribution in [3.63, 3.8) is 0 Å². The van der Waals surface area contributed by atoms with Gasteiger partial charge in [-0.2, -0.15) is 5.10 Å². The van der Waals surface area contributed by atoms with Gasteiger partial charge >= 0.3 is 0 Å². The van der Waals surface area contributed by atoms with Crippen molar-refractivity contribution in [3.8, 4) is 0 Å². The van der Waals surface area contributed by atoms with Crippen LogP contribution in [0.5, 0.6) is 0 Å². The number of hydrogen-bond acceptors (Lipinski definition) is 4. The first-order valence-electron chi connectivity index (χ1n) is 5.06. The van der Waals surface area contributed by atoms with Crippen LogP contribution in [0, 0.1) is 5.92 Å². The van der Waals surface area contributed by atoms with E-state index >= 15 is 0 Å². The molecule has 16 heavy (non-hydrogen) atoms. The third-order valence-electron chi connectivity index (χ3n) is 2.23. The van der Waals surface area contributed by atoms with Crippen LogP contribution in [-0.2, 0) is 4.79 Å². The number of hydrazone groups is 1. The number of amides is 1. The molecule has 0 radical (unpaired) electrons. The monoisotopic (exact) mass is 219 g/mol. The number of rotatable bonds is 4. The Labute approximate surface area is 92.9 Å². The van der Waals surface area contributed by atoms with Crippen LogP contribution in [0.3, 0.4) is 0 Å². The number of nitrogens with one attached hydrogen (secondary N) is 2. The maximum Gasteiger partial charge on any atom is 0.227 e. The molecule has 6 heteroatoms. The number of anilines is 2. The fourth-order valence-corrected chi connectivity index (χ4v) is 1.23. The number of carbonyl (C=O) groups is 1. The molecule has 0 bridgehead atoms. The van der Waals surface area contributed by atoms with E-state index in [2.05, 4.69) is 20.8 Å². The lowest BCUT2D eigenvalue weighted by atomic mass is 10.3. The first-order chi connectivity index (χ1) is 7.79. The molecule has 0 aliphatic heterocycles. The third kappa shape index (κ3) is 2.69. The number of carbonyl (C=O) groups excluding carboxylic acids is 1. The zero-order chi connectivity index (χ0) is 11.4. The molecule has 0 spiro atoms. The summed E-state index contributed by atoms with van der Waals surface area (Å²) in [6.45, 7) is 0. The highest BCUT2D eigenvalue weighted by molar-refractivity contribution is 5.93. The van der Waals surface area contributed by atoms with Gasteiger partial charge in [-0.05, 0) is 25.0 Å². The molecule has 1 aromatic rings. The van der Waals surface area contributed by atoms with E-state index in [0.29, 0.717) is 11.5 Å². The molecular formula is C10H13N5O. The van der Waals surface area contributed by atoms with Crippen LogP contribution in [0.1, 0.15) is 12.8 Å². The summed E-state index contributed by atoms with van der Waals surface area (Å²) in [5.41, 5.74) is 8.40. The number of pyridine rings is 1. The molecule has 0 unspecified atom stereocenters. The maximum atomic E-state index is 11.4. The van der Waals surface area contributed by atoms with Crippen molar-refractivity contribution in [2.24, 2.45) is 16.8 Å². The highest BCUT2D eigenvalue weighted by Gasteiger charge is 2.29. The van der Waals surface area contributed by atoms with Gasteiger partial charge in [0.15, 0.2) is 0 Å². The SMILES string of the molecule is N/C=N\Nc1ccc(NC(=O)C2CC2)cn1. The summed E-state index contributed by atoms with van der Waals surface area (Å²) in [4.78, 5) is 15.5. The van der Waals surface area contributed by atoms with Gasteiger partial charge in [-0.25, -0.2) is 4.98 Å². The fraction of sp³-hybridized carbons (Fsp3) is 0.300. The topological polar surface area (TPSA) is 92.4 Å². The Morgan fingerprint density at radius 1 is 1.56 bits per heavy atom. The minimum Gasteiger partial charge on any atom is -0.388 e. The number of nitrogens with zero attached hydrogens (tertiary/aromatic N) is 2. The summed E-state index contributed by atoms with van der Waals surface area (Å²) in [5, 5.41) is 6.42. The highest BCUT2D eigenvalue weighted by atomic mass is 16.2. The van der Waals surface area contributed by atoms with Crippen molar-refractivity contribution < 1.29 is 4.79 Å². The van der Waals surface area contributed by atoms with Crippen molar-refractivity contribution >= 4 is 23.8 Å². The van der Waals surface area contributed by atoms with E-state index in [-0.39, 0.29) is 11.8 Å². The average Bonchev–Trinajstić information content (AvgIpc) is 3.12. The third-order valence-corrected chi connectivity index (χ3v) is 2.23. The Bertz CT molecular complexity index is 396. The number of hydrogen-bond donors (Lipinski definition) is 3. The molecule has 2 rings (SSSR count). The summed E-state index contributed by atoms with van der Waals surface area (Å²) >= 11 is 0. The lowest BCUT2D eigenvalue weighted by Gasteiger charge is -2.04. The zero-order valence-corrected chi connectivity index (χ0v) is 8.68. The second-order valence-corrected chi connectivity index (χ2v) is 3.59. The minimum atomic E-state index is 0.0717. The minimum absolute atomic E-state index is 0.0717. The van der Waals surface area contributed by atoms with Crippen LogP contribution < -0.4 is 16.5 Å². The van der Waals surface area contributed by atoms with E-state index < -0.39 is 0 Å². The van der Waals surface area contributed by atoms with Crippen LogP contribution in [0.4, 0.5) is 11.5 Å². The van der Waals surface area contributed by atoms with Crippen LogP contribution in [0.25, 0.3) is 0 Å². The van der Waals surface area contributed by atoms with Crippen molar-refractivity contribution in [1.29, 1.82) is 0 Å². The first kappa shape index (κ1) is 10.4. The van der Waals surface area contributed by atoms with Crippen LogP contribution in [0.2, 0.25) is 0 Å². The Morgan fingerprint density at radius 3 is 2.94 bits per heavy atom. The molecule has 1 aromatic heterocycles. The molecule has 84 valence electrons. The number of nitrogens with two attached hydrogens (primary N) is 1. The van der Waals surface area contributed by atoms with Crippen molar-refractivity contribution in [2.75, 3.05) is 10.7 Å². The van der Waals surface area contributed by atoms with E-state index in [9.17, 15) is 4.79 Å². The Hall–Kier alpha value is -2.11. The Balaban J connectivity index is 1.93. The fourth-order valence-electron chi connectivity index (χ4n) is 1.23. The largest absolute Gasteiger partial charge is 0.388 e. The average molecular weight is 219 g/mol.